The Morgan fingerprint density at radius 1 is 1.03 bits per heavy atom. The van der Waals surface area contributed by atoms with Gasteiger partial charge >= 0.3 is 5.97 Å². The van der Waals surface area contributed by atoms with Crippen LogP contribution in [0.3, 0.4) is 0 Å². The fourth-order valence-corrected chi connectivity index (χ4v) is 4.18. The van der Waals surface area contributed by atoms with Gasteiger partial charge in [0.2, 0.25) is 0 Å². The Kier molecular flexibility index (Phi) is 6.80. The van der Waals surface area contributed by atoms with Crippen molar-refractivity contribution in [2.24, 2.45) is 0 Å². The third kappa shape index (κ3) is 5.84. The Morgan fingerprint density at radius 3 is 2.52 bits per heavy atom. The first-order valence-electron chi connectivity index (χ1n) is 10.3. The van der Waals surface area contributed by atoms with Crippen LogP contribution in [0.2, 0.25) is 0 Å². The maximum absolute atomic E-state index is 12.1. The highest BCUT2D eigenvalue weighted by Crippen LogP contribution is 2.31. The van der Waals surface area contributed by atoms with Crippen molar-refractivity contribution >= 4 is 45.2 Å². The van der Waals surface area contributed by atoms with Crippen LogP contribution in [0, 0.1) is 6.92 Å². The largest absolute Gasteiger partial charge is 0.497 e. The Hall–Kier alpha value is -3.97. The lowest BCUT2D eigenvalue weighted by atomic mass is 10.2. The van der Waals surface area contributed by atoms with Crippen molar-refractivity contribution in [1.29, 1.82) is 0 Å². The summed E-state index contributed by atoms with van der Waals surface area (Å²) < 4.78 is 11.2. The molecule has 0 aliphatic heterocycles. The van der Waals surface area contributed by atoms with Gasteiger partial charge in [-0.15, -0.1) is 11.3 Å². The molecule has 1 aromatic heterocycles. The summed E-state index contributed by atoms with van der Waals surface area (Å²) in [6, 6.07) is 20.8. The molecular weight excluding hydrogens is 436 g/mol. The summed E-state index contributed by atoms with van der Waals surface area (Å²) in [6.45, 7) is 1.69. The second kappa shape index (κ2) is 10.1. The van der Waals surface area contributed by atoms with Crippen LogP contribution >= 0.6 is 11.3 Å². The fraction of sp³-hybridized carbons (Fsp3) is 0.115. The van der Waals surface area contributed by atoms with Crippen LogP contribution in [0.5, 0.6) is 5.75 Å². The lowest BCUT2D eigenvalue weighted by Gasteiger charge is -2.06. The van der Waals surface area contributed by atoms with E-state index in [0.29, 0.717) is 5.69 Å². The van der Waals surface area contributed by atoms with E-state index in [2.05, 4.69) is 23.3 Å². The van der Waals surface area contributed by atoms with E-state index >= 15 is 0 Å². The third-order valence-corrected chi connectivity index (χ3v) is 5.90. The van der Waals surface area contributed by atoms with Gasteiger partial charge in [0.1, 0.15) is 10.8 Å². The van der Waals surface area contributed by atoms with Gasteiger partial charge in [-0.25, -0.2) is 9.78 Å². The molecule has 6 nitrogen and oxygen atoms in total. The van der Waals surface area contributed by atoms with Gasteiger partial charge in [-0.2, -0.15) is 0 Å². The first-order valence-corrected chi connectivity index (χ1v) is 11.1. The number of rotatable bonds is 7. The normalized spacial score (nSPS) is 11.0. The number of nitrogens with zero attached hydrogens (tertiary/aromatic N) is 1. The van der Waals surface area contributed by atoms with E-state index in [1.165, 1.54) is 11.6 Å². The maximum atomic E-state index is 12.1. The van der Waals surface area contributed by atoms with Crippen molar-refractivity contribution in [3.05, 3.63) is 83.9 Å². The molecule has 0 unspecified atom stereocenters. The molecule has 1 N–H and O–H groups in total. The summed E-state index contributed by atoms with van der Waals surface area (Å²) in [4.78, 5) is 28.7. The van der Waals surface area contributed by atoms with Crippen molar-refractivity contribution in [2.45, 2.75) is 6.92 Å². The number of thiazole rings is 1. The Balaban J connectivity index is 1.29. The number of hydrogen-bond donors (Lipinski definition) is 1. The third-order valence-electron chi connectivity index (χ3n) is 4.83. The lowest BCUT2D eigenvalue weighted by molar-refractivity contribution is -0.142. The first-order chi connectivity index (χ1) is 16.0. The van der Waals surface area contributed by atoms with Crippen molar-refractivity contribution in [3.63, 3.8) is 0 Å². The number of hydrogen-bond acceptors (Lipinski definition) is 6. The predicted molar refractivity (Wildman–Crippen MR) is 131 cm³/mol. The minimum atomic E-state index is -0.595. The molecule has 1 heterocycles. The first kappa shape index (κ1) is 22.2. The predicted octanol–water partition coefficient (Wildman–Crippen LogP) is 5.48. The molecule has 4 aromatic rings. The van der Waals surface area contributed by atoms with Crippen LogP contribution in [0.1, 0.15) is 11.1 Å². The molecule has 0 atom stereocenters. The smallest absolute Gasteiger partial charge is 0.331 e. The van der Waals surface area contributed by atoms with Gasteiger partial charge in [-0.05, 0) is 72.7 Å². The molecule has 4 rings (SSSR count). The van der Waals surface area contributed by atoms with Crippen LogP contribution in [0.4, 0.5) is 5.69 Å². The number of ether oxygens (including phenoxy) is 2. The standard InChI is InChI=1S/C26H22N2O4S/c1-17-3-13-22-23(15-17)33-26(28-22)19-7-9-20(10-8-19)27-24(29)16-32-25(30)14-6-18-4-11-21(31-2)12-5-18/h3-15H,16H2,1-2H3,(H,27,29)/b14-6+. The highest BCUT2D eigenvalue weighted by Gasteiger charge is 2.09. The van der Waals surface area contributed by atoms with Crippen molar-refractivity contribution < 1.29 is 19.1 Å². The number of aryl methyl sites for hydroxylation is 1. The zero-order chi connectivity index (χ0) is 23.2. The second-order valence-corrected chi connectivity index (χ2v) is 8.36. The molecule has 1 amide bonds. The van der Waals surface area contributed by atoms with E-state index in [4.69, 9.17) is 9.47 Å². The molecule has 33 heavy (non-hydrogen) atoms. The van der Waals surface area contributed by atoms with Crippen molar-refractivity contribution in [2.75, 3.05) is 19.0 Å². The van der Waals surface area contributed by atoms with Gasteiger partial charge in [0.05, 0.1) is 17.3 Å². The number of amides is 1. The number of carbonyl (C=O) groups excluding carboxylic acids is 2. The molecule has 0 saturated heterocycles. The second-order valence-electron chi connectivity index (χ2n) is 7.33. The minimum absolute atomic E-state index is 0.370. The fourth-order valence-electron chi connectivity index (χ4n) is 3.11. The average Bonchev–Trinajstić information content (AvgIpc) is 3.25. The molecule has 0 aliphatic carbocycles. The van der Waals surface area contributed by atoms with Gasteiger partial charge in [-0.3, -0.25) is 4.79 Å². The lowest BCUT2D eigenvalue weighted by Crippen LogP contribution is -2.20. The van der Waals surface area contributed by atoms with Gasteiger partial charge in [-0.1, -0.05) is 18.2 Å². The van der Waals surface area contributed by atoms with Crippen LogP contribution < -0.4 is 10.1 Å². The Bertz CT molecular complexity index is 1310. The highest BCUT2D eigenvalue weighted by atomic mass is 32.1. The van der Waals surface area contributed by atoms with E-state index in [9.17, 15) is 9.59 Å². The molecule has 0 radical (unpaired) electrons. The van der Waals surface area contributed by atoms with E-state index in [1.807, 2.05) is 36.4 Å². The number of methoxy groups -OCH3 is 1. The number of benzene rings is 3. The average molecular weight is 459 g/mol. The summed E-state index contributed by atoms with van der Waals surface area (Å²) >= 11 is 1.63. The van der Waals surface area contributed by atoms with Crippen molar-refractivity contribution in [3.8, 4) is 16.3 Å². The molecule has 0 spiro atoms. The molecule has 0 saturated carbocycles. The quantitative estimate of drug-likeness (QED) is 0.293. The van der Waals surface area contributed by atoms with Crippen LogP contribution in [-0.4, -0.2) is 30.6 Å². The molecule has 0 fully saturated rings. The number of carbonyl (C=O) groups is 2. The summed E-state index contributed by atoms with van der Waals surface area (Å²) in [5.74, 6) is -0.276. The van der Waals surface area contributed by atoms with Crippen LogP contribution in [0.25, 0.3) is 26.9 Å². The molecule has 3 aromatic carbocycles. The van der Waals surface area contributed by atoms with E-state index < -0.39 is 11.9 Å². The van der Waals surface area contributed by atoms with Gasteiger partial charge < -0.3 is 14.8 Å². The van der Waals surface area contributed by atoms with Crippen LogP contribution in [0.15, 0.2) is 72.8 Å². The molecule has 0 bridgehead atoms. The number of fused-ring (bicyclic) bond motifs is 1. The Morgan fingerprint density at radius 2 is 1.79 bits per heavy atom. The summed E-state index contributed by atoms with van der Waals surface area (Å²) in [6.07, 6.45) is 2.89. The number of nitrogens with one attached hydrogen (secondary N) is 1. The highest BCUT2D eigenvalue weighted by molar-refractivity contribution is 7.21. The van der Waals surface area contributed by atoms with E-state index in [0.717, 1.165) is 32.1 Å². The molecular formula is C26H22N2O4S. The van der Waals surface area contributed by atoms with Crippen molar-refractivity contribution in [1.82, 2.24) is 4.98 Å². The minimum Gasteiger partial charge on any atom is -0.497 e. The van der Waals surface area contributed by atoms with Gasteiger partial charge in [0.25, 0.3) is 5.91 Å². The van der Waals surface area contributed by atoms with Gasteiger partial charge in [0.15, 0.2) is 6.61 Å². The summed E-state index contributed by atoms with van der Waals surface area (Å²) in [5.41, 5.74) is 4.58. The van der Waals surface area contributed by atoms with Gasteiger partial charge in [0, 0.05) is 17.3 Å². The van der Waals surface area contributed by atoms with E-state index in [-0.39, 0.29) is 6.61 Å². The number of aromatic nitrogens is 1. The number of esters is 1. The number of anilines is 1. The van der Waals surface area contributed by atoms with E-state index in [1.54, 1.807) is 48.8 Å². The monoisotopic (exact) mass is 458 g/mol. The summed E-state index contributed by atoms with van der Waals surface area (Å²) in [5, 5.41) is 3.65. The maximum Gasteiger partial charge on any atom is 0.331 e. The zero-order valence-electron chi connectivity index (χ0n) is 18.2. The summed E-state index contributed by atoms with van der Waals surface area (Å²) in [7, 11) is 1.59. The Labute approximate surface area is 195 Å². The molecule has 166 valence electrons. The van der Waals surface area contributed by atoms with Crippen LogP contribution in [-0.2, 0) is 14.3 Å². The SMILES string of the molecule is COc1ccc(/C=C/C(=O)OCC(=O)Nc2ccc(-c3nc4ccc(C)cc4s3)cc2)cc1. The topological polar surface area (TPSA) is 77.5 Å². The molecule has 7 heteroatoms. The molecule has 0 aliphatic rings. The zero-order valence-corrected chi connectivity index (χ0v) is 19.0.